The second-order valence-corrected chi connectivity index (χ2v) is 3.15. The summed E-state index contributed by atoms with van der Waals surface area (Å²) in [6.07, 6.45) is 4.03. The van der Waals surface area contributed by atoms with Crippen molar-refractivity contribution in [2.24, 2.45) is 0 Å². The Labute approximate surface area is 77.8 Å². The van der Waals surface area contributed by atoms with E-state index in [1.165, 1.54) is 0 Å². The van der Waals surface area contributed by atoms with E-state index >= 15 is 0 Å². The molecule has 1 rings (SSSR count). The summed E-state index contributed by atoms with van der Waals surface area (Å²) >= 11 is 0. The van der Waals surface area contributed by atoms with Gasteiger partial charge >= 0.3 is 5.97 Å². The first kappa shape index (κ1) is 10.2. The van der Waals surface area contributed by atoms with Gasteiger partial charge in [0.05, 0.1) is 12.5 Å². The van der Waals surface area contributed by atoms with Crippen LogP contribution in [0.1, 0.15) is 6.42 Å². The van der Waals surface area contributed by atoms with Crippen molar-refractivity contribution in [2.75, 3.05) is 26.7 Å². The van der Waals surface area contributed by atoms with Crippen LogP contribution in [0.25, 0.3) is 0 Å². The van der Waals surface area contributed by atoms with Crippen molar-refractivity contribution in [2.45, 2.75) is 12.5 Å². The third-order valence-electron chi connectivity index (χ3n) is 2.09. The van der Waals surface area contributed by atoms with Gasteiger partial charge in [-0.2, -0.15) is 0 Å². The van der Waals surface area contributed by atoms with Crippen molar-refractivity contribution in [3.63, 3.8) is 0 Å². The average Bonchev–Trinajstić information content (AvgIpc) is 2.55. The second kappa shape index (κ2) is 4.99. The minimum Gasteiger partial charge on any atom is -0.481 e. The summed E-state index contributed by atoms with van der Waals surface area (Å²) in [5.74, 6) is -0.806. The fourth-order valence-electron chi connectivity index (χ4n) is 1.38. The van der Waals surface area contributed by atoms with Crippen molar-refractivity contribution in [3.05, 3.63) is 12.2 Å². The van der Waals surface area contributed by atoms with E-state index in [0.717, 1.165) is 13.1 Å². The topological polar surface area (TPSA) is 49.8 Å². The molecule has 0 spiro atoms. The first-order chi connectivity index (χ1) is 6.22. The molecule has 1 unspecified atom stereocenters. The van der Waals surface area contributed by atoms with Gasteiger partial charge in [0.2, 0.25) is 0 Å². The van der Waals surface area contributed by atoms with Gasteiger partial charge in [-0.25, -0.2) is 0 Å². The van der Waals surface area contributed by atoms with Crippen molar-refractivity contribution < 1.29 is 14.6 Å². The number of hydrogen-bond acceptors (Lipinski definition) is 3. The van der Waals surface area contributed by atoms with Gasteiger partial charge in [-0.3, -0.25) is 9.69 Å². The Kier molecular flexibility index (Phi) is 3.92. The predicted molar refractivity (Wildman–Crippen MR) is 48.6 cm³/mol. The molecule has 0 amide bonds. The molecule has 13 heavy (non-hydrogen) atoms. The number of hydrogen-bond donors (Lipinski definition) is 1. The smallest absolute Gasteiger partial charge is 0.306 e. The third kappa shape index (κ3) is 3.57. The zero-order chi connectivity index (χ0) is 9.68. The number of carbonyl (C=O) groups is 1. The number of carboxylic acid groups (broad SMARTS) is 1. The normalized spacial score (nSPS) is 19.2. The maximum absolute atomic E-state index is 10.4. The highest BCUT2D eigenvalue weighted by Gasteiger charge is 2.16. The zero-order valence-electron chi connectivity index (χ0n) is 7.77. The van der Waals surface area contributed by atoms with E-state index in [2.05, 4.69) is 17.1 Å². The molecule has 1 N–H and O–H groups in total. The number of rotatable bonds is 5. The quantitative estimate of drug-likeness (QED) is 0.628. The zero-order valence-corrected chi connectivity index (χ0v) is 7.77. The van der Waals surface area contributed by atoms with E-state index in [-0.39, 0.29) is 12.5 Å². The summed E-state index contributed by atoms with van der Waals surface area (Å²) in [5, 5.41) is 8.57. The Balaban J connectivity index is 2.26. The number of nitrogens with zero attached hydrogens (tertiary/aromatic N) is 1. The molecule has 0 radical (unpaired) electrons. The molecule has 0 fully saturated rings. The summed E-state index contributed by atoms with van der Waals surface area (Å²) in [6, 6.07) is 0. The molecule has 1 heterocycles. The highest BCUT2D eigenvalue weighted by molar-refractivity contribution is 5.67. The molecule has 0 bridgehead atoms. The second-order valence-electron chi connectivity index (χ2n) is 3.15. The monoisotopic (exact) mass is 185 g/mol. The summed E-state index contributed by atoms with van der Waals surface area (Å²) in [5.41, 5.74) is 0. The van der Waals surface area contributed by atoms with Gasteiger partial charge < -0.3 is 9.84 Å². The molecule has 74 valence electrons. The molecule has 0 aliphatic carbocycles. The fourth-order valence-corrected chi connectivity index (χ4v) is 1.38. The lowest BCUT2D eigenvalue weighted by molar-refractivity contribution is -0.140. The number of ether oxygens (including phenoxy) is 1. The maximum Gasteiger partial charge on any atom is 0.306 e. The van der Waals surface area contributed by atoms with Crippen LogP contribution in [-0.2, 0) is 9.53 Å². The van der Waals surface area contributed by atoms with Crippen LogP contribution in [0.4, 0.5) is 0 Å². The van der Waals surface area contributed by atoms with Crippen LogP contribution in [0, 0.1) is 0 Å². The van der Waals surface area contributed by atoms with Crippen LogP contribution in [0.3, 0.4) is 0 Å². The van der Waals surface area contributed by atoms with E-state index in [1.807, 2.05) is 0 Å². The predicted octanol–water partition coefficient (Wildman–Crippen LogP) is 0.348. The van der Waals surface area contributed by atoms with Gasteiger partial charge in [-0.15, -0.1) is 0 Å². The molecule has 0 saturated carbocycles. The SMILES string of the molecule is COC(CC(=O)O)CN1CC=CC1. The molecule has 1 aliphatic rings. The number of methoxy groups -OCH3 is 1. The first-order valence-corrected chi connectivity index (χ1v) is 4.34. The molecule has 1 aliphatic heterocycles. The largest absolute Gasteiger partial charge is 0.481 e. The Morgan fingerprint density at radius 1 is 1.62 bits per heavy atom. The standard InChI is InChI=1S/C9H15NO3/c1-13-8(6-9(11)12)7-10-4-2-3-5-10/h2-3,8H,4-7H2,1H3,(H,11,12). The van der Waals surface area contributed by atoms with Crippen molar-refractivity contribution >= 4 is 5.97 Å². The summed E-state index contributed by atoms with van der Waals surface area (Å²) < 4.78 is 5.07. The van der Waals surface area contributed by atoms with Crippen LogP contribution in [0.5, 0.6) is 0 Å². The van der Waals surface area contributed by atoms with Gasteiger partial charge in [0.1, 0.15) is 0 Å². The minimum atomic E-state index is -0.806. The number of carboxylic acids is 1. The molecule has 4 heteroatoms. The van der Waals surface area contributed by atoms with Crippen LogP contribution in [0.2, 0.25) is 0 Å². The third-order valence-corrected chi connectivity index (χ3v) is 2.09. The summed E-state index contributed by atoms with van der Waals surface area (Å²) in [6.45, 7) is 2.49. The van der Waals surface area contributed by atoms with Crippen molar-refractivity contribution in [3.8, 4) is 0 Å². The Bertz CT molecular complexity index is 195. The van der Waals surface area contributed by atoms with Crippen LogP contribution < -0.4 is 0 Å². The minimum absolute atomic E-state index is 0.0764. The van der Waals surface area contributed by atoms with E-state index in [0.29, 0.717) is 6.54 Å². The van der Waals surface area contributed by atoms with E-state index in [4.69, 9.17) is 9.84 Å². The molecule has 4 nitrogen and oxygen atoms in total. The summed E-state index contributed by atoms with van der Waals surface area (Å²) in [4.78, 5) is 12.6. The number of aliphatic carboxylic acids is 1. The highest BCUT2D eigenvalue weighted by Crippen LogP contribution is 2.05. The fraction of sp³-hybridized carbons (Fsp3) is 0.667. The van der Waals surface area contributed by atoms with Crippen molar-refractivity contribution in [1.82, 2.24) is 4.90 Å². The Morgan fingerprint density at radius 3 is 2.69 bits per heavy atom. The van der Waals surface area contributed by atoms with E-state index < -0.39 is 5.97 Å². The van der Waals surface area contributed by atoms with Gasteiger partial charge in [-0.1, -0.05) is 12.2 Å². The van der Waals surface area contributed by atoms with Gasteiger partial charge in [0.15, 0.2) is 0 Å². The highest BCUT2D eigenvalue weighted by atomic mass is 16.5. The average molecular weight is 185 g/mol. The molecule has 0 aromatic carbocycles. The maximum atomic E-state index is 10.4. The van der Waals surface area contributed by atoms with E-state index in [9.17, 15) is 4.79 Å². The van der Waals surface area contributed by atoms with Gasteiger partial charge in [-0.05, 0) is 0 Å². The molecular formula is C9H15NO3. The van der Waals surface area contributed by atoms with Crippen LogP contribution >= 0.6 is 0 Å². The van der Waals surface area contributed by atoms with Gasteiger partial charge in [0.25, 0.3) is 0 Å². The first-order valence-electron chi connectivity index (χ1n) is 4.34. The molecule has 0 aromatic rings. The summed E-state index contributed by atoms with van der Waals surface area (Å²) in [7, 11) is 1.55. The Morgan fingerprint density at radius 2 is 2.23 bits per heavy atom. The molecule has 0 aromatic heterocycles. The van der Waals surface area contributed by atoms with E-state index in [1.54, 1.807) is 7.11 Å². The van der Waals surface area contributed by atoms with Gasteiger partial charge in [0, 0.05) is 26.7 Å². The Hall–Kier alpha value is -0.870. The lowest BCUT2D eigenvalue weighted by Gasteiger charge is -2.20. The lowest BCUT2D eigenvalue weighted by Crippen LogP contribution is -2.33. The van der Waals surface area contributed by atoms with Crippen LogP contribution in [0.15, 0.2) is 12.2 Å². The molecule has 0 saturated heterocycles. The van der Waals surface area contributed by atoms with Crippen LogP contribution in [-0.4, -0.2) is 48.8 Å². The molecular weight excluding hydrogens is 170 g/mol. The van der Waals surface area contributed by atoms with Crippen molar-refractivity contribution in [1.29, 1.82) is 0 Å². The lowest BCUT2D eigenvalue weighted by atomic mass is 10.2. The molecule has 1 atom stereocenters.